The summed E-state index contributed by atoms with van der Waals surface area (Å²) in [5.41, 5.74) is -2.17. The van der Waals surface area contributed by atoms with Crippen LogP contribution in [0.1, 0.15) is 0 Å². The van der Waals surface area contributed by atoms with E-state index in [0.29, 0.717) is 0 Å². The molecule has 0 saturated heterocycles. The SMILES string of the molecule is O=C(O)Cn1c(=O)c(=O)[nH]c2cc([N+](=O)[O-])c(-n3cccc3)cc21. The van der Waals surface area contributed by atoms with Crippen molar-refractivity contribution in [3.05, 3.63) is 67.5 Å². The average molecular weight is 330 g/mol. The number of nitrogens with one attached hydrogen (secondary N) is 1. The van der Waals surface area contributed by atoms with Crippen molar-refractivity contribution in [1.82, 2.24) is 14.1 Å². The summed E-state index contributed by atoms with van der Waals surface area (Å²) in [5, 5.41) is 20.3. The Morgan fingerprint density at radius 1 is 1.25 bits per heavy atom. The van der Waals surface area contributed by atoms with Crippen molar-refractivity contribution >= 4 is 22.7 Å². The average Bonchev–Trinajstić information content (AvgIpc) is 3.04. The van der Waals surface area contributed by atoms with E-state index < -0.39 is 28.6 Å². The molecule has 3 aromatic rings. The Morgan fingerprint density at radius 2 is 1.92 bits per heavy atom. The molecule has 10 nitrogen and oxygen atoms in total. The molecule has 24 heavy (non-hydrogen) atoms. The molecule has 2 N–H and O–H groups in total. The predicted octanol–water partition coefficient (Wildman–Crippen LogP) is 0.473. The lowest BCUT2D eigenvalue weighted by Gasteiger charge is -2.10. The van der Waals surface area contributed by atoms with Gasteiger partial charge < -0.3 is 14.7 Å². The van der Waals surface area contributed by atoms with Gasteiger partial charge in [0.25, 0.3) is 5.69 Å². The highest BCUT2D eigenvalue weighted by atomic mass is 16.6. The van der Waals surface area contributed by atoms with Crippen LogP contribution >= 0.6 is 0 Å². The molecule has 0 bridgehead atoms. The molecular formula is C14H10N4O6. The molecule has 10 heteroatoms. The highest BCUT2D eigenvalue weighted by molar-refractivity contribution is 5.83. The number of nitro groups is 1. The molecular weight excluding hydrogens is 320 g/mol. The van der Waals surface area contributed by atoms with Gasteiger partial charge >= 0.3 is 17.1 Å². The van der Waals surface area contributed by atoms with Gasteiger partial charge in [-0.2, -0.15) is 0 Å². The largest absolute Gasteiger partial charge is 0.480 e. The van der Waals surface area contributed by atoms with Crippen molar-refractivity contribution in [2.24, 2.45) is 0 Å². The molecule has 0 aliphatic rings. The van der Waals surface area contributed by atoms with Gasteiger partial charge in [-0.1, -0.05) is 0 Å². The maximum absolute atomic E-state index is 12.0. The van der Waals surface area contributed by atoms with Crippen LogP contribution in [0.15, 0.2) is 46.2 Å². The second kappa shape index (κ2) is 5.50. The first-order valence-electron chi connectivity index (χ1n) is 6.69. The van der Waals surface area contributed by atoms with Crippen molar-refractivity contribution in [2.45, 2.75) is 6.54 Å². The van der Waals surface area contributed by atoms with Crippen LogP contribution < -0.4 is 11.1 Å². The van der Waals surface area contributed by atoms with Crippen LogP contribution in [0.3, 0.4) is 0 Å². The number of nitro benzene ring substituents is 1. The molecule has 0 saturated carbocycles. The Labute approximate surface area is 132 Å². The minimum atomic E-state index is -1.31. The number of aromatic amines is 1. The normalized spacial score (nSPS) is 10.8. The Bertz CT molecular complexity index is 1080. The number of aromatic nitrogens is 3. The Hall–Kier alpha value is -3.69. The molecule has 3 rings (SSSR count). The number of aliphatic carboxylic acids is 1. The van der Waals surface area contributed by atoms with E-state index in [9.17, 15) is 24.5 Å². The van der Waals surface area contributed by atoms with Crippen molar-refractivity contribution in [1.29, 1.82) is 0 Å². The van der Waals surface area contributed by atoms with Crippen LogP contribution in [-0.4, -0.2) is 30.1 Å². The smallest absolute Gasteiger partial charge is 0.323 e. The zero-order chi connectivity index (χ0) is 17.4. The standard InChI is InChI=1S/C14H10N4O6/c19-12(20)7-17-9-6-10(16-3-1-2-4-16)11(18(23)24)5-8(9)15-13(21)14(17)22/h1-6H,7H2,(H,15,21)(H,19,20). The van der Waals surface area contributed by atoms with Gasteiger partial charge in [0.2, 0.25) is 0 Å². The third kappa shape index (κ3) is 2.45. The molecule has 0 amide bonds. The molecule has 0 atom stereocenters. The molecule has 0 aliphatic carbocycles. The summed E-state index contributed by atoms with van der Waals surface area (Å²) in [7, 11) is 0. The molecule has 0 radical (unpaired) electrons. The van der Waals surface area contributed by atoms with Gasteiger partial charge in [-0.25, -0.2) is 0 Å². The van der Waals surface area contributed by atoms with E-state index in [1.807, 2.05) is 0 Å². The second-order valence-corrected chi connectivity index (χ2v) is 4.94. The van der Waals surface area contributed by atoms with E-state index >= 15 is 0 Å². The number of nitrogens with zero attached hydrogens (tertiary/aromatic N) is 3. The summed E-state index contributed by atoms with van der Waals surface area (Å²) in [5.74, 6) is -1.31. The van der Waals surface area contributed by atoms with E-state index in [0.717, 1.165) is 10.6 Å². The number of benzene rings is 1. The van der Waals surface area contributed by atoms with E-state index in [4.69, 9.17) is 5.11 Å². The third-order valence-corrected chi connectivity index (χ3v) is 3.44. The van der Waals surface area contributed by atoms with E-state index in [1.54, 1.807) is 24.5 Å². The topological polar surface area (TPSA) is 140 Å². The fourth-order valence-corrected chi connectivity index (χ4v) is 2.44. The lowest BCUT2D eigenvalue weighted by Crippen LogP contribution is -2.37. The molecule has 2 aromatic heterocycles. The molecule has 1 aromatic carbocycles. The monoisotopic (exact) mass is 330 g/mol. The summed E-state index contributed by atoms with van der Waals surface area (Å²) >= 11 is 0. The molecule has 0 fully saturated rings. The number of hydrogen-bond donors (Lipinski definition) is 2. The maximum Gasteiger partial charge on any atom is 0.323 e. The number of fused-ring (bicyclic) bond motifs is 1. The van der Waals surface area contributed by atoms with Gasteiger partial charge in [-0.3, -0.25) is 29.1 Å². The van der Waals surface area contributed by atoms with Crippen molar-refractivity contribution in [3.63, 3.8) is 0 Å². The number of carbonyl (C=O) groups is 1. The zero-order valence-corrected chi connectivity index (χ0v) is 12.0. The summed E-state index contributed by atoms with van der Waals surface area (Å²) in [6, 6.07) is 5.72. The molecule has 122 valence electrons. The van der Waals surface area contributed by atoms with Gasteiger partial charge in [0.15, 0.2) is 0 Å². The molecule has 0 unspecified atom stereocenters. The highest BCUT2D eigenvalue weighted by Gasteiger charge is 2.20. The highest BCUT2D eigenvalue weighted by Crippen LogP contribution is 2.27. The summed E-state index contributed by atoms with van der Waals surface area (Å²) in [6.07, 6.45) is 3.14. The van der Waals surface area contributed by atoms with Crippen LogP contribution in [0.2, 0.25) is 0 Å². The van der Waals surface area contributed by atoms with Crippen LogP contribution in [0.4, 0.5) is 5.69 Å². The molecule has 2 heterocycles. The first-order valence-corrected chi connectivity index (χ1v) is 6.69. The summed E-state index contributed by atoms with van der Waals surface area (Å²) < 4.78 is 2.23. The Balaban J connectivity index is 2.44. The van der Waals surface area contributed by atoms with Crippen molar-refractivity contribution in [3.8, 4) is 5.69 Å². The maximum atomic E-state index is 12.0. The van der Waals surface area contributed by atoms with Crippen LogP contribution in [0.25, 0.3) is 16.7 Å². The fraction of sp³-hybridized carbons (Fsp3) is 0.0714. The quantitative estimate of drug-likeness (QED) is 0.405. The van der Waals surface area contributed by atoms with Crippen molar-refractivity contribution < 1.29 is 14.8 Å². The lowest BCUT2D eigenvalue weighted by atomic mass is 10.2. The predicted molar refractivity (Wildman–Crippen MR) is 82.4 cm³/mol. The Kier molecular flexibility index (Phi) is 3.49. The van der Waals surface area contributed by atoms with Crippen molar-refractivity contribution in [2.75, 3.05) is 0 Å². The summed E-state index contributed by atoms with van der Waals surface area (Å²) in [6.45, 7) is -0.734. The number of hydrogen-bond acceptors (Lipinski definition) is 5. The van der Waals surface area contributed by atoms with Gasteiger partial charge in [-0.05, 0) is 18.2 Å². The van der Waals surface area contributed by atoms with Crippen LogP contribution in [0, 0.1) is 10.1 Å². The minimum Gasteiger partial charge on any atom is -0.480 e. The van der Waals surface area contributed by atoms with Gasteiger partial charge in [0, 0.05) is 18.5 Å². The van der Waals surface area contributed by atoms with E-state index in [1.165, 1.54) is 10.6 Å². The fourth-order valence-electron chi connectivity index (χ4n) is 2.44. The number of H-pyrrole nitrogens is 1. The first-order chi connectivity index (χ1) is 11.4. The molecule has 0 aliphatic heterocycles. The first kappa shape index (κ1) is 15.2. The van der Waals surface area contributed by atoms with Crippen LogP contribution in [0.5, 0.6) is 0 Å². The molecule has 0 spiro atoms. The van der Waals surface area contributed by atoms with E-state index in [2.05, 4.69) is 4.98 Å². The number of carboxylic acid groups (broad SMARTS) is 1. The zero-order valence-electron chi connectivity index (χ0n) is 12.0. The van der Waals surface area contributed by atoms with Gasteiger partial charge in [-0.15, -0.1) is 0 Å². The van der Waals surface area contributed by atoms with Crippen LogP contribution in [-0.2, 0) is 11.3 Å². The number of rotatable bonds is 4. The van der Waals surface area contributed by atoms with Gasteiger partial charge in [0.05, 0.1) is 16.0 Å². The number of carboxylic acids is 1. The van der Waals surface area contributed by atoms with E-state index in [-0.39, 0.29) is 22.4 Å². The summed E-state index contributed by atoms with van der Waals surface area (Å²) in [4.78, 5) is 47.5. The minimum absolute atomic E-state index is 0.00320. The van der Waals surface area contributed by atoms with Gasteiger partial charge in [0.1, 0.15) is 12.2 Å². The third-order valence-electron chi connectivity index (χ3n) is 3.44. The second-order valence-electron chi connectivity index (χ2n) is 4.94. The Morgan fingerprint density at radius 3 is 2.50 bits per heavy atom. The lowest BCUT2D eigenvalue weighted by molar-refractivity contribution is -0.384.